The fourth-order valence-electron chi connectivity index (χ4n) is 3.24. The van der Waals surface area contributed by atoms with Gasteiger partial charge < -0.3 is 10.4 Å². The summed E-state index contributed by atoms with van der Waals surface area (Å²) in [5.74, 6) is 0.283. The number of hydrogen-bond acceptors (Lipinski definition) is 4. The van der Waals surface area contributed by atoms with Crippen molar-refractivity contribution >= 4 is 17.2 Å². The van der Waals surface area contributed by atoms with E-state index in [1.807, 2.05) is 23.6 Å². The second kappa shape index (κ2) is 8.40. The number of nitrogens with zero attached hydrogens (tertiary/aromatic N) is 1. The SMILES string of the molecule is O=C(Cc1csc(Cc2ccccc2)n1)NCC(O)C1CCCC1. The minimum Gasteiger partial charge on any atom is -0.391 e. The Kier molecular flexibility index (Phi) is 5.99. The molecule has 1 aliphatic carbocycles. The summed E-state index contributed by atoms with van der Waals surface area (Å²) in [5.41, 5.74) is 2.03. The van der Waals surface area contributed by atoms with Gasteiger partial charge in [-0.2, -0.15) is 0 Å². The highest BCUT2D eigenvalue weighted by molar-refractivity contribution is 7.09. The van der Waals surface area contributed by atoms with Gasteiger partial charge in [-0.25, -0.2) is 4.98 Å². The Morgan fingerprint density at radius 3 is 2.79 bits per heavy atom. The second-order valence-corrected chi connectivity index (χ2v) is 7.43. The molecule has 5 heteroatoms. The summed E-state index contributed by atoms with van der Waals surface area (Å²) in [4.78, 5) is 16.6. The van der Waals surface area contributed by atoms with E-state index in [1.54, 1.807) is 11.3 Å². The van der Waals surface area contributed by atoms with Crippen LogP contribution < -0.4 is 5.32 Å². The van der Waals surface area contributed by atoms with Crippen LogP contribution in [-0.4, -0.2) is 28.6 Å². The maximum absolute atomic E-state index is 12.0. The number of hydrogen-bond donors (Lipinski definition) is 2. The molecule has 1 amide bonds. The molecule has 2 aromatic rings. The zero-order chi connectivity index (χ0) is 16.8. The first-order valence-corrected chi connectivity index (χ1v) is 9.50. The van der Waals surface area contributed by atoms with Gasteiger partial charge in [0.2, 0.25) is 5.91 Å². The predicted molar refractivity (Wildman–Crippen MR) is 96.0 cm³/mol. The maximum Gasteiger partial charge on any atom is 0.226 e. The second-order valence-electron chi connectivity index (χ2n) is 6.49. The lowest BCUT2D eigenvalue weighted by atomic mass is 10.0. The van der Waals surface area contributed by atoms with Crippen molar-refractivity contribution in [3.8, 4) is 0 Å². The molecule has 2 N–H and O–H groups in total. The molecule has 1 aliphatic rings. The Hall–Kier alpha value is -1.72. The van der Waals surface area contributed by atoms with E-state index >= 15 is 0 Å². The van der Waals surface area contributed by atoms with Crippen LogP contribution in [0.25, 0.3) is 0 Å². The molecule has 4 nitrogen and oxygen atoms in total. The zero-order valence-electron chi connectivity index (χ0n) is 13.8. The number of carbonyl (C=O) groups is 1. The van der Waals surface area contributed by atoms with E-state index in [1.165, 1.54) is 18.4 Å². The largest absolute Gasteiger partial charge is 0.391 e. The Labute approximate surface area is 146 Å². The van der Waals surface area contributed by atoms with Gasteiger partial charge in [-0.1, -0.05) is 43.2 Å². The van der Waals surface area contributed by atoms with Crippen molar-refractivity contribution in [2.45, 2.75) is 44.6 Å². The molecule has 1 atom stereocenters. The summed E-state index contributed by atoms with van der Waals surface area (Å²) in [6, 6.07) is 10.2. The number of rotatable bonds is 7. The summed E-state index contributed by atoms with van der Waals surface area (Å²) in [5, 5.41) is 15.9. The third-order valence-electron chi connectivity index (χ3n) is 4.59. The van der Waals surface area contributed by atoms with Gasteiger partial charge in [0, 0.05) is 18.3 Å². The van der Waals surface area contributed by atoms with E-state index in [9.17, 15) is 9.90 Å². The van der Waals surface area contributed by atoms with Crippen molar-refractivity contribution in [3.63, 3.8) is 0 Å². The van der Waals surface area contributed by atoms with Gasteiger partial charge >= 0.3 is 0 Å². The molecular formula is C19H24N2O2S. The molecule has 1 aromatic carbocycles. The van der Waals surface area contributed by atoms with Crippen molar-refractivity contribution in [3.05, 3.63) is 52.0 Å². The van der Waals surface area contributed by atoms with E-state index in [0.29, 0.717) is 12.5 Å². The van der Waals surface area contributed by atoms with Crippen LogP contribution in [0.15, 0.2) is 35.7 Å². The van der Waals surface area contributed by atoms with Crippen molar-refractivity contribution < 1.29 is 9.90 Å². The van der Waals surface area contributed by atoms with Crippen LogP contribution in [0.2, 0.25) is 0 Å². The minimum atomic E-state index is -0.416. The van der Waals surface area contributed by atoms with Crippen LogP contribution in [0.5, 0.6) is 0 Å². The third kappa shape index (κ3) is 4.89. The summed E-state index contributed by atoms with van der Waals surface area (Å²) in [7, 11) is 0. The fraction of sp³-hybridized carbons (Fsp3) is 0.474. The molecule has 0 spiro atoms. The standard InChI is InChI=1S/C19H24N2O2S/c22-17(15-8-4-5-9-15)12-20-18(23)11-16-13-24-19(21-16)10-14-6-2-1-3-7-14/h1-3,6-7,13,15,17,22H,4-5,8-12H2,(H,20,23). The number of benzene rings is 1. The van der Waals surface area contributed by atoms with Gasteiger partial charge in [0.25, 0.3) is 0 Å². The van der Waals surface area contributed by atoms with Gasteiger partial charge in [0.15, 0.2) is 0 Å². The molecule has 24 heavy (non-hydrogen) atoms. The molecule has 3 rings (SSSR count). The first-order chi connectivity index (χ1) is 11.7. The molecule has 1 heterocycles. The molecule has 0 aliphatic heterocycles. The van der Waals surface area contributed by atoms with E-state index in [-0.39, 0.29) is 12.3 Å². The highest BCUT2D eigenvalue weighted by atomic mass is 32.1. The lowest BCUT2D eigenvalue weighted by Crippen LogP contribution is -2.36. The van der Waals surface area contributed by atoms with Crippen molar-refractivity contribution in [1.82, 2.24) is 10.3 Å². The summed E-state index contributed by atoms with van der Waals surface area (Å²) >= 11 is 1.59. The molecule has 1 fully saturated rings. The first kappa shape index (κ1) is 17.1. The first-order valence-electron chi connectivity index (χ1n) is 8.62. The number of thiazole rings is 1. The highest BCUT2D eigenvalue weighted by Crippen LogP contribution is 2.27. The van der Waals surface area contributed by atoms with Crippen LogP contribution in [-0.2, 0) is 17.6 Å². The number of aliphatic hydroxyl groups is 1. The van der Waals surface area contributed by atoms with Crippen LogP contribution in [0.1, 0.15) is 41.9 Å². The van der Waals surface area contributed by atoms with Gasteiger partial charge in [-0.15, -0.1) is 11.3 Å². The molecule has 1 aromatic heterocycles. The third-order valence-corrected chi connectivity index (χ3v) is 5.49. The monoisotopic (exact) mass is 344 g/mol. The number of aromatic nitrogens is 1. The number of amides is 1. The van der Waals surface area contributed by atoms with Crippen LogP contribution in [0.3, 0.4) is 0 Å². The van der Waals surface area contributed by atoms with Gasteiger partial charge in [-0.05, 0) is 24.3 Å². The van der Waals surface area contributed by atoms with Crippen LogP contribution in [0.4, 0.5) is 0 Å². The zero-order valence-corrected chi connectivity index (χ0v) is 14.6. The molecule has 1 saturated carbocycles. The van der Waals surface area contributed by atoms with Gasteiger partial charge in [0.05, 0.1) is 23.2 Å². The summed E-state index contributed by atoms with van der Waals surface area (Å²) < 4.78 is 0. The maximum atomic E-state index is 12.0. The fourth-order valence-corrected chi connectivity index (χ4v) is 4.06. The topological polar surface area (TPSA) is 62.2 Å². The Morgan fingerprint density at radius 2 is 2.04 bits per heavy atom. The van der Waals surface area contributed by atoms with Crippen molar-refractivity contribution in [2.75, 3.05) is 6.54 Å². The summed E-state index contributed by atoms with van der Waals surface area (Å²) in [6.07, 6.45) is 5.20. The molecule has 128 valence electrons. The normalized spacial score (nSPS) is 16.2. The van der Waals surface area contributed by atoms with E-state index in [4.69, 9.17) is 0 Å². The van der Waals surface area contributed by atoms with Crippen LogP contribution >= 0.6 is 11.3 Å². The van der Waals surface area contributed by atoms with Gasteiger partial charge in [-0.3, -0.25) is 4.79 Å². The Balaban J connectivity index is 1.44. The number of carbonyl (C=O) groups excluding carboxylic acids is 1. The quantitative estimate of drug-likeness (QED) is 0.812. The molecule has 0 saturated heterocycles. The van der Waals surface area contributed by atoms with E-state index in [2.05, 4.69) is 22.4 Å². The molecule has 1 unspecified atom stereocenters. The van der Waals surface area contributed by atoms with Gasteiger partial charge in [0.1, 0.15) is 0 Å². The van der Waals surface area contributed by atoms with E-state index in [0.717, 1.165) is 30.0 Å². The number of nitrogens with one attached hydrogen (secondary N) is 1. The lowest BCUT2D eigenvalue weighted by molar-refractivity contribution is -0.121. The lowest BCUT2D eigenvalue weighted by Gasteiger charge is -2.17. The number of aliphatic hydroxyl groups excluding tert-OH is 1. The smallest absolute Gasteiger partial charge is 0.226 e. The van der Waals surface area contributed by atoms with E-state index < -0.39 is 6.10 Å². The minimum absolute atomic E-state index is 0.0661. The molecule has 0 radical (unpaired) electrons. The average molecular weight is 344 g/mol. The average Bonchev–Trinajstić information content (AvgIpc) is 3.26. The predicted octanol–water partition coefficient (Wildman–Crippen LogP) is 2.94. The van der Waals surface area contributed by atoms with Crippen molar-refractivity contribution in [2.24, 2.45) is 5.92 Å². The molecular weight excluding hydrogens is 320 g/mol. The van der Waals surface area contributed by atoms with Crippen molar-refractivity contribution in [1.29, 1.82) is 0 Å². The Morgan fingerprint density at radius 1 is 1.29 bits per heavy atom. The Bertz CT molecular complexity index is 650. The highest BCUT2D eigenvalue weighted by Gasteiger charge is 2.23. The molecule has 0 bridgehead atoms. The van der Waals surface area contributed by atoms with Crippen LogP contribution in [0, 0.1) is 5.92 Å². The summed E-state index contributed by atoms with van der Waals surface area (Å²) in [6.45, 7) is 0.352.